The van der Waals surface area contributed by atoms with Gasteiger partial charge in [0.2, 0.25) is 6.29 Å². The summed E-state index contributed by atoms with van der Waals surface area (Å²) in [5.41, 5.74) is 2.81. The average Bonchev–Trinajstić information content (AvgIpc) is 2.45. The van der Waals surface area contributed by atoms with Gasteiger partial charge in [-0.05, 0) is 13.3 Å². The first-order valence-electron chi connectivity index (χ1n) is 6.99. The molecule has 5 heteroatoms. The number of cyclic esters (lactones) is 1. The second-order valence-corrected chi connectivity index (χ2v) is 4.54. The Bertz CT molecular complexity index is 408. The molecule has 1 aliphatic rings. The van der Waals surface area contributed by atoms with Gasteiger partial charge in [-0.3, -0.25) is 4.79 Å². The smallest absolute Gasteiger partial charge is 0.341 e. The lowest BCUT2D eigenvalue weighted by Gasteiger charge is -2.34. The van der Waals surface area contributed by atoms with E-state index in [0.717, 1.165) is 0 Å². The van der Waals surface area contributed by atoms with Gasteiger partial charge in [0.1, 0.15) is 0 Å². The molecule has 5 nitrogen and oxygen atoms in total. The summed E-state index contributed by atoms with van der Waals surface area (Å²) in [6.07, 6.45) is 0.692. The molecule has 1 fully saturated rings. The van der Waals surface area contributed by atoms with E-state index in [0.29, 0.717) is 12.8 Å². The van der Waals surface area contributed by atoms with Gasteiger partial charge in [0.25, 0.3) is 0 Å². The summed E-state index contributed by atoms with van der Waals surface area (Å²) in [6, 6.07) is 0. The second kappa shape index (κ2) is 7.88. The summed E-state index contributed by atoms with van der Waals surface area (Å²) < 4.78 is 15.8. The fraction of sp³-hybridized carbons (Fsp3) is 0.667. The standard InChI is InChI=1S/C15H22O5/c1-5-10(14(16)18-8-4)9-11-12(6-2)19-13(7-3)20-15(11)17/h11-13H,1,6-9H2,2-4H3/t11-,12-,13-/m0/s1. The van der Waals surface area contributed by atoms with Crippen molar-refractivity contribution in [1.82, 2.24) is 0 Å². The fourth-order valence-corrected chi connectivity index (χ4v) is 2.13. The molecule has 0 N–H and O–H groups in total. The van der Waals surface area contributed by atoms with Crippen LogP contribution in [-0.2, 0) is 23.8 Å². The molecular weight excluding hydrogens is 260 g/mol. The van der Waals surface area contributed by atoms with Crippen molar-refractivity contribution in [2.24, 2.45) is 5.92 Å². The number of rotatable bonds is 6. The van der Waals surface area contributed by atoms with Crippen LogP contribution in [-0.4, -0.2) is 30.9 Å². The number of hydrogen-bond acceptors (Lipinski definition) is 5. The zero-order valence-electron chi connectivity index (χ0n) is 12.3. The van der Waals surface area contributed by atoms with Crippen molar-refractivity contribution in [3.8, 4) is 0 Å². The molecule has 1 saturated heterocycles. The highest BCUT2D eigenvalue weighted by Crippen LogP contribution is 2.29. The van der Waals surface area contributed by atoms with Gasteiger partial charge in [0.05, 0.1) is 24.2 Å². The number of ether oxygens (including phenoxy) is 3. The van der Waals surface area contributed by atoms with E-state index in [4.69, 9.17) is 14.2 Å². The van der Waals surface area contributed by atoms with Crippen LogP contribution in [0, 0.1) is 5.92 Å². The Morgan fingerprint density at radius 2 is 2.05 bits per heavy atom. The van der Waals surface area contributed by atoms with Gasteiger partial charge in [0, 0.05) is 12.8 Å². The highest BCUT2D eigenvalue weighted by molar-refractivity contribution is 5.89. The molecule has 0 radical (unpaired) electrons. The lowest BCUT2D eigenvalue weighted by molar-refractivity contribution is -0.230. The highest BCUT2D eigenvalue weighted by atomic mass is 16.7. The van der Waals surface area contributed by atoms with Crippen LogP contribution in [0.2, 0.25) is 0 Å². The predicted octanol–water partition coefficient (Wildman–Crippen LogP) is 2.36. The van der Waals surface area contributed by atoms with Crippen LogP contribution in [0.25, 0.3) is 0 Å². The molecule has 3 atom stereocenters. The summed E-state index contributed by atoms with van der Waals surface area (Å²) in [5, 5.41) is 0. The van der Waals surface area contributed by atoms with E-state index < -0.39 is 18.2 Å². The maximum absolute atomic E-state index is 12.0. The molecule has 0 aromatic heterocycles. The van der Waals surface area contributed by atoms with E-state index in [9.17, 15) is 9.59 Å². The third kappa shape index (κ3) is 3.95. The minimum absolute atomic E-state index is 0.177. The highest BCUT2D eigenvalue weighted by Gasteiger charge is 2.38. The second-order valence-electron chi connectivity index (χ2n) is 4.54. The average molecular weight is 282 g/mol. The zero-order chi connectivity index (χ0) is 15.1. The van der Waals surface area contributed by atoms with Gasteiger partial charge < -0.3 is 14.2 Å². The number of carbonyl (C=O) groups is 2. The van der Waals surface area contributed by atoms with Gasteiger partial charge in [0.15, 0.2) is 0 Å². The lowest BCUT2D eigenvalue weighted by Crippen LogP contribution is -2.43. The molecule has 0 aliphatic carbocycles. The maximum Gasteiger partial charge on any atom is 0.341 e. The van der Waals surface area contributed by atoms with Crippen LogP contribution in [0.1, 0.15) is 40.0 Å². The van der Waals surface area contributed by atoms with E-state index >= 15 is 0 Å². The lowest BCUT2D eigenvalue weighted by atomic mass is 9.91. The van der Waals surface area contributed by atoms with Crippen molar-refractivity contribution in [3.05, 3.63) is 17.9 Å². The van der Waals surface area contributed by atoms with Crippen molar-refractivity contribution in [1.29, 1.82) is 0 Å². The maximum atomic E-state index is 12.0. The molecule has 1 heterocycles. The minimum Gasteiger partial charge on any atom is -0.462 e. The summed E-state index contributed by atoms with van der Waals surface area (Å²) in [6.45, 7) is 9.29. The van der Waals surface area contributed by atoms with Crippen LogP contribution in [0.15, 0.2) is 17.9 Å². The summed E-state index contributed by atoms with van der Waals surface area (Å²) >= 11 is 0. The Morgan fingerprint density at radius 3 is 2.55 bits per heavy atom. The van der Waals surface area contributed by atoms with Crippen LogP contribution >= 0.6 is 0 Å². The van der Waals surface area contributed by atoms with E-state index in [2.05, 4.69) is 12.3 Å². The Morgan fingerprint density at radius 1 is 1.35 bits per heavy atom. The molecule has 1 rings (SSSR count). The number of hydrogen-bond donors (Lipinski definition) is 0. The first-order chi connectivity index (χ1) is 9.57. The molecule has 0 aromatic rings. The molecule has 0 amide bonds. The Balaban J connectivity index is 2.80. The van der Waals surface area contributed by atoms with Crippen molar-refractivity contribution in [3.63, 3.8) is 0 Å². The van der Waals surface area contributed by atoms with Gasteiger partial charge in [-0.25, -0.2) is 4.79 Å². The Labute approximate surface area is 119 Å². The first-order valence-corrected chi connectivity index (χ1v) is 6.99. The van der Waals surface area contributed by atoms with Crippen molar-refractivity contribution in [2.45, 2.75) is 52.4 Å². The first kappa shape index (κ1) is 16.5. The third-order valence-electron chi connectivity index (χ3n) is 3.22. The van der Waals surface area contributed by atoms with Crippen molar-refractivity contribution in [2.75, 3.05) is 6.61 Å². The molecule has 1 aliphatic heterocycles. The van der Waals surface area contributed by atoms with E-state index in [1.54, 1.807) is 6.92 Å². The molecule has 20 heavy (non-hydrogen) atoms. The summed E-state index contributed by atoms with van der Waals surface area (Å²) in [7, 11) is 0. The number of esters is 2. The Hall–Kier alpha value is -1.58. The summed E-state index contributed by atoms with van der Waals surface area (Å²) in [5.74, 6) is -1.36. The largest absolute Gasteiger partial charge is 0.462 e. The van der Waals surface area contributed by atoms with E-state index in [1.165, 1.54) is 0 Å². The number of carbonyl (C=O) groups excluding carboxylic acids is 2. The monoisotopic (exact) mass is 282 g/mol. The normalized spacial score (nSPS) is 25.6. The molecule has 0 saturated carbocycles. The zero-order valence-corrected chi connectivity index (χ0v) is 12.3. The van der Waals surface area contributed by atoms with E-state index in [1.807, 2.05) is 13.8 Å². The SMILES string of the molecule is C=C=C(C[C@@H]1C(=O)O[C@@H](CC)O[C@H]1CC)C(=O)OCC. The van der Waals surface area contributed by atoms with Crippen LogP contribution in [0.5, 0.6) is 0 Å². The van der Waals surface area contributed by atoms with Crippen molar-refractivity contribution >= 4 is 11.9 Å². The molecule has 0 unspecified atom stereocenters. The molecular formula is C15H22O5. The van der Waals surface area contributed by atoms with Crippen molar-refractivity contribution < 1.29 is 23.8 Å². The third-order valence-corrected chi connectivity index (χ3v) is 3.22. The molecule has 0 spiro atoms. The van der Waals surface area contributed by atoms with E-state index in [-0.39, 0.29) is 30.7 Å². The fourth-order valence-electron chi connectivity index (χ4n) is 2.13. The summed E-state index contributed by atoms with van der Waals surface area (Å²) in [4.78, 5) is 23.8. The molecule has 0 bridgehead atoms. The quantitative estimate of drug-likeness (QED) is 0.425. The molecule has 112 valence electrons. The Kier molecular flexibility index (Phi) is 6.49. The van der Waals surface area contributed by atoms with Gasteiger partial charge in [-0.15, -0.1) is 5.73 Å². The topological polar surface area (TPSA) is 61.8 Å². The predicted molar refractivity (Wildman–Crippen MR) is 72.7 cm³/mol. The van der Waals surface area contributed by atoms with Gasteiger partial charge in [-0.2, -0.15) is 0 Å². The molecule has 0 aromatic carbocycles. The van der Waals surface area contributed by atoms with Crippen LogP contribution in [0.4, 0.5) is 0 Å². The van der Waals surface area contributed by atoms with Gasteiger partial charge >= 0.3 is 11.9 Å². The minimum atomic E-state index is -0.517. The van der Waals surface area contributed by atoms with Crippen LogP contribution in [0.3, 0.4) is 0 Å². The van der Waals surface area contributed by atoms with Crippen LogP contribution < -0.4 is 0 Å². The van der Waals surface area contributed by atoms with Gasteiger partial charge in [-0.1, -0.05) is 20.4 Å².